The van der Waals surface area contributed by atoms with Crippen LogP contribution in [-0.4, -0.2) is 23.1 Å². The van der Waals surface area contributed by atoms with Crippen molar-refractivity contribution in [2.75, 3.05) is 0 Å². The number of aliphatic hydroxyl groups excluding tert-OH is 1. The number of ether oxygens (including phenoxy) is 1. The van der Waals surface area contributed by atoms with E-state index < -0.39 is 6.29 Å². The van der Waals surface area contributed by atoms with Crippen LogP contribution in [0, 0.1) is 23.2 Å². The summed E-state index contributed by atoms with van der Waals surface area (Å²) in [5.74, 6) is 1.92. The molecule has 0 amide bonds. The zero-order valence-electron chi connectivity index (χ0n) is 14.4. The number of hydrogen-bond donors (Lipinski definition) is 1. The zero-order chi connectivity index (χ0) is 16.0. The van der Waals surface area contributed by atoms with Crippen molar-refractivity contribution in [2.24, 2.45) is 23.2 Å². The quantitative estimate of drug-likeness (QED) is 0.739. The van der Waals surface area contributed by atoms with Gasteiger partial charge in [-0.2, -0.15) is 0 Å². The van der Waals surface area contributed by atoms with E-state index in [9.17, 15) is 5.11 Å². The van der Waals surface area contributed by atoms with E-state index in [1.807, 2.05) is 0 Å². The molecular weight excluding hydrogens is 295 g/mol. The summed E-state index contributed by atoms with van der Waals surface area (Å²) >= 11 is 0. The minimum Gasteiger partial charge on any atom is -0.367 e. The molecule has 1 N–H and O–H groups in total. The van der Waals surface area contributed by atoms with Gasteiger partial charge in [0.1, 0.15) is 0 Å². The minimum absolute atomic E-state index is 0.0488. The lowest BCUT2D eigenvalue weighted by atomic mass is 9.61. The summed E-state index contributed by atoms with van der Waals surface area (Å²) in [6.07, 6.45) is 9.45. The number of rotatable bonds is 6. The lowest BCUT2D eigenvalue weighted by Crippen LogP contribution is -2.43. The summed E-state index contributed by atoms with van der Waals surface area (Å²) in [7, 11) is 2.39. The minimum atomic E-state index is -0.508. The lowest BCUT2D eigenvalue weighted by Gasteiger charge is -2.42. The highest BCUT2D eigenvalue weighted by Crippen LogP contribution is 2.64. The van der Waals surface area contributed by atoms with E-state index in [4.69, 9.17) is 9.26 Å². The summed E-state index contributed by atoms with van der Waals surface area (Å²) in [4.78, 5) is 0. The van der Waals surface area contributed by atoms with Crippen molar-refractivity contribution in [3.8, 4) is 0 Å². The summed E-state index contributed by atoms with van der Waals surface area (Å²) in [5.41, 5.74) is 0.0295. The zero-order valence-corrected chi connectivity index (χ0v) is 15.5. The second-order valence-corrected chi connectivity index (χ2v) is 8.80. The molecule has 128 valence electrons. The Balaban J connectivity index is 1.62. The monoisotopic (exact) mass is 328 g/mol. The maximum absolute atomic E-state index is 10.6. The van der Waals surface area contributed by atoms with E-state index in [1.54, 1.807) is 0 Å². The highest BCUT2D eigenvalue weighted by Gasteiger charge is 2.64. The van der Waals surface area contributed by atoms with Crippen molar-refractivity contribution >= 4 is 9.47 Å². The summed E-state index contributed by atoms with van der Waals surface area (Å²) in [6, 6.07) is 0. The Hall–Kier alpha value is 0.310. The molecule has 22 heavy (non-hydrogen) atoms. The Morgan fingerprint density at radius 1 is 1.36 bits per heavy atom. The van der Waals surface area contributed by atoms with Gasteiger partial charge in [-0.3, -0.25) is 0 Å². The van der Waals surface area contributed by atoms with Crippen LogP contribution in [0.25, 0.3) is 0 Å². The van der Waals surface area contributed by atoms with Gasteiger partial charge >= 0.3 is 0 Å². The van der Waals surface area contributed by atoms with Gasteiger partial charge in [0.15, 0.2) is 6.29 Å². The van der Waals surface area contributed by atoms with E-state index >= 15 is 0 Å². The normalized spacial score (nSPS) is 42.4. The average Bonchev–Trinajstić information content (AvgIpc) is 2.93. The van der Waals surface area contributed by atoms with Gasteiger partial charge in [-0.05, 0) is 63.7 Å². The van der Waals surface area contributed by atoms with Crippen LogP contribution in [-0.2, 0) is 9.26 Å². The van der Waals surface area contributed by atoms with Crippen LogP contribution in [0.1, 0.15) is 72.1 Å². The Kier molecular flexibility index (Phi) is 4.92. The van der Waals surface area contributed by atoms with Crippen LogP contribution in [0.2, 0.25) is 0 Å². The van der Waals surface area contributed by atoms with Gasteiger partial charge in [0, 0.05) is 14.9 Å². The Bertz CT molecular complexity index is 400. The van der Waals surface area contributed by atoms with Crippen LogP contribution in [0.3, 0.4) is 0 Å². The third-order valence-corrected chi connectivity index (χ3v) is 7.56. The fraction of sp³-hybridized carbons (Fsp3) is 1.00. The van der Waals surface area contributed by atoms with Gasteiger partial charge in [-0.25, -0.2) is 0 Å². The first kappa shape index (κ1) is 17.1. The largest absolute Gasteiger partial charge is 0.367 e. The fourth-order valence-electron chi connectivity index (χ4n) is 5.75. The van der Waals surface area contributed by atoms with Crippen LogP contribution in [0.15, 0.2) is 0 Å². The van der Waals surface area contributed by atoms with Crippen LogP contribution in [0.5, 0.6) is 0 Å². The topological polar surface area (TPSA) is 38.7 Å². The van der Waals surface area contributed by atoms with Crippen molar-refractivity contribution < 1.29 is 14.4 Å². The first-order valence-corrected chi connectivity index (χ1v) is 9.59. The average molecular weight is 328 g/mol. The molecule has 1 saturated heterocycles. The van der Waals surface area contributed by atoms with Crippen LogP contribution < -0.4 is 0 Å². The molecule has 3 aliphatic rings. The Labute approximate surface area is 137 Å². The summed E-state index contributed by atoms with van der Waals surface area (Å²) < 4.78 is 11.4. The van der Waals surface area contributed by atoms with Gasteiger partial charge in [0.2, 0.25) is 0 Å². The van der Waals surface area contributed by atoms with Gasteiger partial charge in [-0.1, -0.05) is 26.2 Å². The molecule has 1 aliphatic heterocycles. The molecule has 4 heteroatoms. The molecule has 3 nitrogen and oxygen atoms in total. The maximum atomic E-state index is 10.6. The molecule has 2 saturated carbocycles. The molecular formula is C18H33O3P. The predicted molar refractivity (Wildman–Crippen MR) is 91.3 cm³/mol. The van der Waals surface area contributed by atoms with E-state index in [2.05, 4.69) is 30.2 Å². The van der Waals surface area contributed by atoms with Crippen molar-refractivity contribution in [3.63, 3.8) is 0 Å². The van der Waals surface area contributed by atoms with Crippen molar-refractivity contribution in [2.45, 2.75) is 90.1 Å². The predicted octanol–water partition coefficient (Wildman–Crippen LogP) is 4.29. The van der Waals surface area contributed by atoms with E-state index in [1.165, 1.54) is 38.5 Å². The van der Waals surface area contributed by atoms with Crippen molar-refractivity contribution in [1.82, 2.24) is 0 Å². The number of aliphatic hydroxyl groups is 1. The highest BCUT2D eigenvalue weighted by atomic mass is 31.0. The SMILES string of the molecule is C[C@H](CCCC(C)(C)OP)C1CCC2C3CCC[C@@]21C(O)O3. The molecule has 3 fully saturated rings. The van der Waals surface area contributed by atoms with Crippen molar-refractivity contribution in [1.29, 1.82) is 0 Å². The second kappa shape index (κ2) is 6.31. The van der Waals surface area contributed by atoms with E-state index in [0.717, 1.165) is 12.8 Å². The smallest absolute Gasteiger partial charge is 0.161 e. The summed E-state index contributed by atoms with van der Waals surface area (Å²) in [6.45, 7) is 6.69. The lowest BCUT2D eigenvalue weighted by molar-refractivity contribution is -0.148. The molecule has 2 aliphatic carbocycles. The molecule has 0 spiro atoms. The Morgan fingerprint density at radius 2 is 2.14 bits per heavy atom. The molecule has 0 aromatic heterocycles. The molecule has 2 bridgehead atoms. The third-order valence-electron chi connectivity index (χ3n) is 6.92. The van der Waals surface area contributed by atoms with Gasteiger partial charge in [0.25, 0.3) is 0 Å². The van der Waals surface area contributed by atoms with Gasteiger partial charge < -0.3 is 14.4 Å². The van der Waals surface area contributed by atoms with Gasteiger partial charge in [0.05, 0.1) is 11.7 Å². The first-order valence-electron chi connectivity index (χ1n) is 9.12. The molecule has 7 atom stereocenters. The molecule has 1 heterocycles. The fourth-order valence-corrected chi connectivity index (χ4v) is 5.87. The highest BCUT2D eigenvalue weighted by molar-refractivity contribution is 7.09. The first-order chi connectivity index (χ1) is 10.4. The van der Waals surface area contributed by atoms with Crippen LogP contribution in [0.4, 0.5) is 0 Å². The maximum Gasteiger partial charge on any atom is 0.161 e. The van der Waals surface area contributed by atoms with Crippen LogP contribution >= 0.6 is 9.47 Å². The second-order valence-electron chi connectivity index (χ2n) is 8.57. The van der Waals surface area contributed by atoms with Crippen molar-refractivity contribution in [3.05, 3.63) is 0 Å². The molecule has 3 rings (SSSR count). The van der Waals surface area contributed by atoms with E-state index in [-0.39, 0.29) is 11.0 Å². The summed E-state index contributed by atoms with van der Waals surface area (Å²) in [5, 5.41) is 10.6. The molecule has 0 aromatic rings. The standard InChI is InChI=1S/C18H33O3P/c1-12(6-4-10-17(2,3)21-22)13-8-9-14-15-7-5-11-18(13,14)16(19)20-15/h12-16,19H,4-11,22H2,1-3H3/t12-,13?,14?,15?,16?,18+/m1/s1. The molecule has 0 radical (unpaired) electrons. The third kappa shape index (κ3) is 2.77. The van der Waals surface area contributed by atoms with E-state index in [0.29, 0.717) is 23.9 Å². The number of hydrogen-bond acceptors (Lipinski definition) is 3. The molecule has 5 unspecified atom stereocenters. The van der Waals surface area contributed by atoms with Gasteiger partial charge in [-0.15, -0.1) is 0 Å². The molecule has 0 aromatic carbocycles. The Morgan fingerprint density at radius 3 is 2.86 bits per heavy atom.